The van der Waals surface area contributed by atoms with Gasteiger partial charge in [-0.3, -0.25) is 4.79 Å². The van der Waals surface area contributed by atoms with E-state index < -0.39 is 0 Å². The van der Waals surface area contributed by atoms with Crippen molar-refractivity contribution in [2.45, 2.75) is 379 Å². The van der Waals surface area contributed by atoms with E-state index in [1.807, 2.05) is 0 Å². The van der Waals surface area contributed by atoms with Crippen LogP contribution in [-0.2, 0) is 9.53 Å². The molecule has 0 saturated heterocycles. The zero-order valence-electron chi connectivity index (χ0n) is 44.6. The number of carbonyl (C=O) groups excluding carboxylic acids is 1. The Labute approximate surface area is 406 Å². The van der Waals surface area contributed by atoms with Gasteiger partial charge in [0.15, 0.2) is 0 Å². The van der Waals surface area contributed by atoms with Crippen LogP contribution >= 0.6 is 0 Å². The van der Waals surface area contributed by atoms with Crippen molar-refractivity contribution in [1.82, 2.24) is 0 Å². The van der Waals surface area contributed by atoms with E-state index in [4.69, 9.17) is 4.74 Å². The van der Waals surface area contributed by atoms with Crippen molar-refractivity contribution < 1.29 is 9.53 Å². The minimum Gasteiger partial charge on any atom is -0.435 e. The molecule has 0 aliphatic heterocycles. The molecule has 0 atom stereocenters. The van der Waals surface area contributed by atoms with Crippen molar-refractivity contribution in [2.75, 3.05) is 0 Å². The molecule has 0 rings (SSSR count). The second-order valence-corrected chi connectivity index (χ2v) is 21.2. The van der Waals surface area contributed by atoms with Gasteiger partial charge < -0.3 is 4.74 Å². The average Bonchev–Trinajstić information content (AvgIpc) is 3.30. The second kappa shape index (κ2) is 60.2. The molecule has 64 heavy (non-hydrogen) atoms. The molecule has 0 aromatic carbocycles. The summed E-state index contributed by atoms with van der Waals surface area (Å²) in [7, 11) is 0. The molecular weight excluding hydrogens is 777 g/mol. The summed E-state index contributed by atoms with van der Waals surface area (Å²) in [6.45, 7) is 5.74. The molecule has 0 saturated carbocycles. The van der Waals surface area contributed by atoms with Gasteiger partial charge in [0, 0.05) is 6.42 Å². The third-order valence-corrected chi connectivity index (χ3v) is 14.7. The van der Waals surface area contributed by atoms with Gasteiger partial charge in [-0.05, 0) is 6.42 Å². The Morgan fingerprint density at radius 2 is 0.375 bits per heavy atom. The molecule has 0 radical (unpaired) electrons. The highest BCUT2D eigenvalue weighted by Gasteiger charge is 2.02. The fourth-order valence-electron chi connectivity index (χ4n) is 10.2. The van der Waals surface area contributed by atoms with Crippen molar-refractivity contribution in [1.29, 1.82) is 0 Å². The van der Waals surface area contributed by atoms with Gasteiger partial charge in [-0.15, -0.1) is 0 Å². The molecule has 0 N–H and O–H groups in total. The zero-order chi connectivity index (χ0) is 46.0. The normalized spacial score (nSPS) is 11.5. The van der Waals surface area contributed by atoms with Crippen LogP contribution in [0.25, 0.3) is 0 Å². The van der Waals surface area contributed by atoms with E-state index in [1.54, 1.807) is 0 Å². The van der Waals surface area contributed by atoms with Gasteiger partial charge in [0.2, 0.25) is 0 Å². The molecule has 2 nitrogen and oxygen atoms in total. The molecule has 0 heterocycles. The maximum atomic E-state index is 11.3. The number of unbranched alkanes of at least 4 members (excludes halogenated alkanes) is 56. The highest BCUT2D eigenvalue weighted by Crippen LogP contribution is 2.19. The molecule has 2 heteroatoms. The first-order chi connectivity index (χ1) is 31.8. The van der Waals surface area contributed by atoms with Gasteiger partial charge in [0.05, 0.1) is 6.26 Å². The lowest BCUT2D eigenvalue weighted by molar-refractivity contribution is -0.138. The monoisotopic (exact) mass is 899 g/mol. The molecular formula is C62H122O2. The van der Waals surface area contributed by atoms with Crippen molar-refractivity contribution in [3.05, 3.63) is 12.8 Å². The molecule has 382 valence electrons. The highest BCUT2D eigenvalue weighted by atomic mass is 16.5. The van der Waals surface area contributed by atoms with Crippen molar-refractivity contribution in [3.8, 4) is 0 Å². The van der Waals surface area contributed by atoms with Gasteiger partial charge in [0.25, 0.3) is 0 Å². The van der Waals surface area contributed by atoms with Gasteiger partial charge in [-0.2, -0.15) is 0 Å². The molecule has 0 spiro atoms. The summed E-state index contributed by atoms with van der Waals surface area (Å²) < 4.78 is 4.76. The van der Waals surface area contributed by atoms with Gasteiger partial charge >= 0.3 is 5.97 Å². The first-order valence-corrected chi connectivity index (χ1v) is 30.6. The predicted octanol–water partition coefficient (Wildman–Crippen LogP) is 23.3. The van der Waals surface area contributed by atoms with E-state index in [9.17, 15) is 4.79 Å². The third kappa shape index (κ3) is 59.2. The number of hydrogen-bond donors (Lipinski definition) is 0. The predicted molar refractivity (Wildman–Crippen MR) is 290 cm³/mol. The van der Waals surface area contributed by atoms with Crippen LogP contribution in [0, 0.1) is 0 Å². The van der Waals surface area contributed by atoms with E-state index in [1.165, 1.54) is 359 Å². The van der Waals surface area contributed by atoms with E-state index in [0.717, 1.165) is 12.8 Å². The van der Waals surface area contributed by atoms with Crippen molar-refractivity contribution in [2.24, 2.45) is 0 Å². The molecule has 0 aromatic rings. The van der Waals surface area contributed by atoms with E-state index in [2.05, 4.69) is 13.5 Å². The number of ether oxygens (including phenoxy) is 1. The number of hydrogen-bond acceptors (Lipinski definition) is 2. The maximum Gasteiger partial charge on any atom is 0.310 e. The smallest absolute Gasteiger partial charge is 0.310 e. The van der Waals surface area contributed by atoms with Crippen LogP contribution in [0.5, 0.6) is 0 Å². The van der Waals surface area contributed by atoms with Gasteiger partial charge in [0.1, 0.15) is 0 Å². The first-order valence-electron chi connectivity index (χ1n) is 30.6. The topological polar surface area (TPSA) is 26.3 Å². The van der Waals surface area contributed by atoms with Crippen molar-refractivity contribution >= 4 is 5.97 Å². The Morgan fingerprint density at radius 3 is 0.500 bits per heavy atom. The molecule has 0 bridgehead atoms. The molecule has 0 fully saturated rings. The van der Waals surface area contributed by atoms with Crippen LogP contribution in [0.4, 0.5) is 0 Å². The Morgan fingerprint density at radius 1 is 0.250 bits per heavy atom. The Bertz CT molecular complexity index is 835. The van der Waals surface area contributed by atoms with E-state index >= 15 is 0 Å². The van der Waals surface area contributed by atoms with Crippen LogP contribution in [-0.4, -0.2) is 5.97 Å². The second-order valence-electron chi connectivity index (χ2n) is 21.2. The summed E-state index contributed by atoms with van der Waals surface area (Å²) in [6, 6.07) is 0. The fourth-order valence-corrected chi connectivity index (χ4v) is 10.2. The van der Waals surface area contributed by atoms with Gasteiger partial charge in [-0.1, -0.05) is 373 Å². The van der Waals surface area contributed by atoms with Gasteiger partial charge in [-0.25, -0.2) is 0 Å². The summed E-state index contributed by atoms with van der Waals surface area (Å²) in [5, 5.41) is 0. The SMILES string of the molecule is C=COC(=O)CCCCCCCCCCCCCCCCCCCCCCCCCCCCCCCCCCCCCCCCCCCCCCCCCCCCCCCCCCC. The van der Waals surface area contributed by atoms with Crippen LogP contribution in [0.3, 0.4) is 0 Å². The van der Waals surface area contributed by atoms with E-state index in [0.29, 0.717) is 6.42 Å². The molecule has 0 amide bonds. The summed E-state index contributed by atoms with van der Waals surface area (Å²) in [6.07, 6.45) is 84.5. The van der Waals surface area contributed by atoms with Crippen LogP contribution < -0.4 is 0 Å². The molecule has 0 aliphatic rings. The number of carbonyl (C=O) groups is 1. The minimum absolute atomic E-state index is 0.141. The number of rotatable bonds is 59. The lowest BCUT2D eigenvalue weighted by atomic mass is 10.0. The number of esters is 1. The largest absolute Gasteiger partial charge is 0.435 e. The first kappa shape index (κ1) is 63.2. The zero-order valence-corrected chi connectivity index (χ0v) is 44.6. The standard InChI is InChI=1S/C62H122O2/c1-3-5-6-7-8-9-10-11-12-13-14-15-16-17-18-19-20-21-22-23-24-25-26-27-28-29-30-31-32-33-34-35-36-37-38-39-40-41-42-43-44-45-46-47-48-49-50-51-52-53-54-55-56-57-58-59-60-61-62(63)64-4-2/h4H,2-3,5-61H2,1H3. The summed E-state index contributed by atoms with van der Waals surface area (Å²) in [5.41, 5.74) is 0. The minimum atomic E-state index is -0.141. The summed E-state index contributed by atoms with van der Waals surface area (Å²) >= 11 is 0. The van der Waals surface area contributed by atoms with E-state index in [-0.39, 0.29) is 5.97 Å². The van der Waals surface area contributed by atoms with Crippen LogP contribution in [0.15, 0.2) is 12.8 Å². The lowest BCUT2D eigenvalue weighted by Gasteiger charge is -2.05. The van der Waals surface area contributed by atoms with Crippen molar-refractivity contribution in [3.63, 3.8) is 0 Å². The summed E-state index contributed by atoms with van der Waals surface area (Å²) in [5.74, 6) is -0.141. The Hall–Kier alpha value is -0.790. The molecule has 0 aliphatic carbocycles. The fraction of sp³-hybridized carbons (Fsp3) is 0.952. The third-order valence-electron chi connectivity index (χ3n) is 14.7. The average molecular weight is 900 g/mol. The molecule has 0 unspecified atom stereocenters. The van der Waals surface area contributed by atoms with Crippen LogP contribution in [0.2, 0.25) is 0 Å². The van der Waals surface area contributed by atoms with Crippen LogP contribution in [0.1, 0.15) is 379 Å². The Kier molecular flexibility index (Phi) is 59.5. The maximum absolute atomic E-state index is 11.3. The summed E-state index contributed by atoms with van der Waals surface area (Å²) in [4.78, 5) is 11.3. The highest BCUT2D eigenvalue weighted by molar-refractivity contribution is 5.69. The Balaban J connectivity index is 3.08. The quantitative estimate of drug-likeness (QED) is 0.0345. The lowest BCUT2D eigenvalue weighted by Crippen LogP contribution is -1.98. The molecule has 0 aromatic heterocycles.